The molecule has 0 amide bonds. The van der Waals surface area contributed by atoms with Gasteiger partial charge in [-0.2, -0.15) is 12.6 Å². The number of thiol groups is 1. The second-order valence-electron chi connectivity index (χ2n) is 3.92. The van der Waals surface area contributed by atoms with Gasteiger partial charge in [0.2, 0.25) is 0 Å². The lowest BCUT2D eigenvalue weighted by molar-refractivity contribution is 0.0162. The molecule has 0 spiro atoms. The van der Waals surface area contributed by atoms with E-state index in [4.69, 9.17) is 5.11 Å². The monoisotopic (exact) mass is 256 g/mol. The largest absolute Gasteiger partial charge is 0.478 e. The first kappa shape index (κ1) is 14.0. The number of aryl methyl sites for hydroxylation is 1. The first-order chi connectivity index (χ1) is 7.97. The number of hydrogen-bond acceptors (Lipinski definition) is 4. The van der Waals surface area contributed by atoms with Gasteiger partial charge < -0.3 is 15.3 Å². The van der Waals surface area contributed by atoms with Crippen LogP contribution in [0.3, 0.4) is 0 Å². The number of rotatable bonds is 5. The van der Waals surface area contributed by atoms with E-state index in [0.29, 0.717) is 12.2 Å². The summed E-state index contributed by atoms with van der Waals surface area (Å²) in [6.07, 6.45) is -1.90. The maximum absolute atomic E-state index is 11.1. The van der Waals surface area contributed by atoms with Crippen LogP contribution < -0.4 is 0 Å². The third-order valence-corrected chi connectivity index (χ3v) is 2.81. The van der Waals surface area contributed by atoms with E-state index in [2.05, 4.69) is 12.6 Å². The Kier molecular flexibility index (Phi) is 4.99. The number of aliphatic hydroxyl groups excluding tert-OH is 2. The zero-order chi connectivity index (χ0) is 13.0. The van der Waals surface area contributed by atoms with Crippen molar-refractivity contribution < 1.29 is 20.1 Å². The molecule has 1 rings (SSSR count). The summed E-state index contributed by atoms with van der Waals surface area (Å²) in [7, 11) is 0. The van der Waals surface area contributed by atoms with E-state index in [1.54, 1.807) is 13.0 Å². The first-order valence-corrected chi connectivity index (χ1v) is 5.91. The molecule has 0 saturated heterocycles. The highest BCUT2D eigenvalue weighted by molar-refractivity contribution is 7.80. The van der Waals surface area contributed by atoms with Crippen LogP contribution in [0.5, 0.6) is 0 Å². The minimum absolute atomic E-state index is 0.0238. The Balaban J connectivity index is 3.08. The van der Waals surface area contributed by atoms with Crippen LogP contribution in [0.25, 0.3) is 0 Å². The van der Waals surface area contributed by atoms with Crippen LogP contribution in [0.1, 0.15) is 34.0 Å². The van der Waals surface area contributed by atoms with E-state index in [-0.39, 0.29) is 11.1 Å². The van der Waals surface area contributed by atoms with Crippen molar-refractivity contribution in [1.82, 2.24) is 0 Å². The number of aromatic carboxylic acids is 1. The second kappa shape index (κ2) is 6.05. The van der Waals surface area contributed by atoms with Crippen molar-refractivity contribution in [2.24, 2.45) is 0 Å². The smallest absolute Gasteiger partial charge is 0.336 e. The Morgan fingerprint density at radius 2 is 2.06 bits per heavy atom. The van der Waals surface area contributed by atoms with E-state index >= 15 is 0 Å². The Hall–Kier alpha value is -1.04. The van der Waals surface area contributed by atoms with Crippen LogP contribution >= 0.6 is 12.6 Å². The molecule has 0 aliphatic heterocycles. The van der Waals surface area contributed by atoms with Crippen molar-refractivity contribution in [3.8, 4) is 0 Å². The number of carbonyl (C=O) groups is 1. The molecule has 17 heavy (non-hydrogen) atoms. The molecule has 3 N–H and O–H groups in total. The van der Waals surface area contributed by atoms with Gasteiger partial charge >= 0.3 is 5.97 Å². The molecular formula is C12H16O4S. The highest BCUT2D eigenvalue weighted by Gasteiger charge is 2.23. The van der Waals surface area contributed by atoms with Crippen molar-refractivity contribution in [2.75, 3.05) is 5.75 Å². The van der Waals surface area contributed by atoms with E-state index in [9.17, 15) is 15.0 Å². The molecule has 2 unspecified atom stereocenters. The van der Waals surface area contributed by atoms with Crippen LogP contribution in [0.4, 0.5) is 0 Å². The van der Waals surface area contributed by atoms with Crippen LogP contribution in [0.2, 0.25) is 0 Å². The normalized spacial score (nSPS) is 14.4. The minimum atomic E-state index is -1.20. The maximum atomic E-state index is 11.1. The fourth-order valence-corrected chi connectivity index (χ4v) is 1.88. The summed E-state index contributed by atoms with van der Waals surface area (Å²) >= 11 is 3.96. The molecule has 1 aromatic rings. The lowest BCUT2D eigenvalue weighted by atomic mass is 9.96. The van der Waals surface area contributed by atoms with Crippen molar-refractivity contribution in [3.63, 3.8) is 0 Å². The van der Waals surface area contributed by atoms with Crippen LogP contribution in [0, 0.1) is 6.92 Å². The molecule has 0 bridgehead atoms. The van der Waals surface area contributed by atoms with Crippen molar-refractivity contribution in [1.29, 1.82) is 0 Å². The van der Waals surface area contributed by atoms with Crippen LogP contribution in [-0.4, -0.2) is 33.1 Å². The van der Waals surface area contributed by atoms with Gasteiger partial charge in [0, 0.05) is 0 Å². The summed E-state index contributed by atoms with van der Waals surface area (Å²) in [6, 6.07) is 4.72. The predicted molar refractivity (Wildman–Crippen MR) is 67.6 cm³/mol. The highest BCUT2D eigenvalue weighted by Crippen LogP contribution is 2.24. The SMILES string of the molecule is Cc1ccc(C(O)C(O)CCS)c(C(=O)O)c1. The molecule has 0 aliphatic rings. The molecular weight excluding hydrogens is 240 g/mol. The van der Waals surface area contributed by atoms with E-state index in [1.807, 2.05) is 0 Å². The zero-order valence-corrected chi connectivity index (χ0v) is 10.4. The van der Waals surface area contributed by atoms with Gasteiger partial charge in [-0.1, -0.05) is 17.7 Å². The maximum Gasteiger partial charge on any atom is 0.336 e. The van der Waals surface area contributed by atoms with Crippen molar-refractivity contribution >= 4 is 18.6 Å². The number of hydrogen-bond donors (Lipinski definition) is 4. The Morgan fingerprint density at radius 3 is 2.59 bits per heavy atom. The standard InChI is InChI=1S/C12H16O4S/c1-7-2-3-8(9(6-7)12(15)16)11(14)10(13)4-5-17/h2-3,6,10-11,13-14,17H,4-5H2,1H3,(H,15,16). The molecule has 2 atom stereocenters. The predicted octanol–water partition coefficient (Wildman–Crippen LogP) is 1.41. The summed E-state index contributed by atoms with van der Waals surface area (Å²) in [5.41, 5.74) is 1.05. The number of benzene rings is 1. The molecule has 5 heteroatoms. The Bertz CT molecular complexity index is 405. The third-order valence-electron chi connectivity index (χ3n) is 2.55. The van der Waals surface area contributed by atoms with E-state index in [1.165, 1.54) is 12.1 Å². The van der Waals surface area contributed by atoms with Gasteiger partial charge in [0.1, 0.15) is 6.10 Å². The van der Waals surface area contributed by atoms with Gasteiger partial charge in [-0.25, -0.2) is 4.79 Å². The lowest BCUT2D eigenvalue weighted by Crippen LogP contribution is -2.21. The second-order valence-corrected chi connectivity index (χ2v) is 4.37. The average molecular weight is 256 g/mol. The molecule has 0 aliphatic carbocycles. The third kappa shape index (κ3) is 3.46. The summed E-state index contributed by atoms with van der Waals surface area (Å²) in [4.78, 5) is 11.1. The van der Waals surface area contributed by atoms with Crippen LogP contribution in [0.15, 0.2) is 18.2 Å². The first-order valence-electron chi connectivity index (χ1n) is 5.28. The molecule has 94 valence electrons. The molecule has 0 aromatic heterocycles. The summed E-state index contributed by atoms with van der Waals surface area (Å²) < 4.78 is 0. The molecule has 0 radical (unpaired) electrons. The minimum Gasteiger partial charge on any atom is -0.478 e. The Labute approximate surface area is 105 Å². The number of carboxylic acids is 1. The van der Waals surface area contributed by atoms with Gasteiger partial charge in [0.25, 0.3) is 0 Å². The Morgan fingerprint density at radius 1 is 1.41 bits per heavy atom. The van der Waals surface area contributed by atoms with Crippen molar-refractivity contribution in [2.45, 2.75) is 25.6 Å². The topological polar surface area (TPSA) is 77.8 Å². The fourth-order valence-electron chi connectivity index (χ4n) is 1.61. The number of carboxylic acid groups (broad SMARTS) is 1. The summed E-state index contributed by atoms with van der Waals surface area (Å²) in [5, 5.41) is 28.6. The van der Waals surface area contributed by atoms with Crippen molar-refractivity contribution in [3.05, 3.63) is 34.9 Å². The number of aliphatic hydroxyl groups is 2. The van der Waals surface area contributed by atoms with Gasteiger partial charge in [-0.15, -0.1) is 0 Å². The average Bonchev–Trinajstić information content (AvgIpc) is 2.28. The summed E-state index contributed by atoms with van der Waals surface area (Å²) in [6.45, 7) is 1.77. The van der Waals surface area contributed by atoms with E-state index in [0.717, 1.165) is 5.56 Å². The van der Waals surface area contributed by atoms with E-state index < -0.39 is 18.2 Å². The van der Waals surface area contributed by atoms with Gasteiger partial charge in [-0.3, -0.25) is 0 Å². The quantitative estimate of drug-likeness (QED) is 0.601. The van der Waals surface area contributed by atoms with Crippen LogP contribution in [-0.2, 0) is 0 Å². The molecule has 0 fully saturated rings. The molecule has 0 heterocycles. The van der Waals surface area contributed by atoms with Gasteiger partial charge in [0.05, 0.1) is 11.7 Å². The highest BCUT2D eigenvalue weighted by atomic mass is 32.1. The zero-order valence-electron chi connectivity index (χ0n) is 9.50. The molecule has 0 saturated carbocycles. The lowest BCUT2D eigenvalue weighted by Gasteiger charge is -2.19. The molecule has 1 aromatic carbocycles. The summed E-state index contributed by atoms with van der Waals surface area (Å²) in [5.74, 6) is -0.687. The van der Waals surface area contributed by atoms with Gasteiger partial charge in [-0.05, 0) is 30.7 Å². The van der Waals surface area contributed by atoms with Gasteiger partial charge in [0.15, 0.2) is 0 Å². The fraction of sp³-hybridized carbons (Fsp3) is 0.417. The molecule has 4 nitrogen and oxygen atoms in total.